The fourth-order valence-corrected chi connectivity index (χ4v) is 1.81. The maximum Gasteiger partial charge on any atom is 0.236 e. The highest BCUT2D eigenvalue weighted by atomic mass is 16.2. The van der Waals surface area contributed by atoms with Crippen LogP contribution in [0, 0.1) is 11.8 Å². The molecule has 0 spiro atoms. The zero-order valence-electron chi connectivity index (χ0n) is 11.5. The molecule has 0 fully saturated rings. The van der Waals surface area contributed by atoms with E-state index in [0.29, 0.717) is 18.4 Å². The van der Waals surface area contributed by atoms with E-state index in [-0.39, 0.29) is 5.91 Å². The molecule has 1 unspecified atom stereocenters. The third kappa shape index (κ3) is 5.31. The lowest BCUT2D eigenvalue weighted by Crippen LogP contribution is -2.43. The average molecular weight is 252 g/mol. The van der Waals surface area contributed by atoms with Crippen LogP contribution in [-0.2, 0) is 11.3 Å². The topological polar surface area (TPSA) is 72.9 Å². The van der Waals surface area contributed by atoms with Gasteiger partial charge in [-0.2, -0.15) is 5.10 Å². The van der Waals surface area contributed by atoms with Gasteiger partial charge in [-0.1, -0.05) is 20.8 Å². The Balaban J connectivity index is 2.25. The van der Waals surface area contributed by atoms with Crippen LogP contribution < -0.4 is 11.1 Å². The fourth-order valence-electron chi connectivity index (χ4n) is 1.81. The third-order valence-electron chi connectivity index (χ3n) is 2.74. The molecule has 5 heteroatoms. The number of nitrogens with two attached hydrogens (primary N) is 1. The highest BCUT2D eigenvalue weighted by Gasteiger charge is 2.15. The average Bonchev–Trinajstić information content (AvgIpc) is 2.77. The van der Waals surface area contributed by atoms with E-state index in [2.05, 4.69) is 31.2 Å². The van der Waals surface area contributed by atoms with E-state index in [4.69, 9.17) is 5.73 Å². The Hall–Kier alpha value is -1.36. The normalized spacial score (nSPS) is 14.5. The lowest BCUT2D eigenvalue weighted by molar-refractivity contribution is -0.122. The van der Waals surface area contributed by atoms with Gasteiger partial charge in [0.05, 0.1) is 6.04 Å². The van der Waals surface area contributed by atoms with Gasteiger partial charge < -0.3 is 11.1 Å². The summed E-state index contributed by atoms with van der Waals surface area (Å²) in [4.78, 5) is 11.7. The van der Waals surface area contributed by atoms with Gasteiger partial charge in [-0.25, -0.2) is 0 Å². The minimum atomic E-state index is -0.401. The SMILES string of the molecule is CC(C)C[C@H](N)C(=O)NCC(C)Cn1cccn1. The van der Waals surface area contributed by atoms with E-state index in [0.717, 1.165) is 13.0 Å². The van der Waals surface area contributed by atoms with Crippen LogP contribution in [0.1, 0.15) is 27.2 Å². The van der Waals surface area contributed by atoms with Crippen LogP contribution in [0.25, 0.3) is 0 Å². The van der Waals surface area contributed by atoms with Crippen LogP contribution in [0.2, 0.25) is 0 Å². The molecule has 1 aromatic rings. The highest BCUT2D eigenvalue weighted by Crippen LogP contribution is 2.03. The van der Waals surface area contributed by atoms with Gasteiger partial charge in [-0.15, -0.1) is 0 Å². The maximum atomic E-state index is 11.7. The smallest absolute Gasteiger partial charge is 0.236 e. The van der Waals surface area contributed by atoms with E-state index < -0.39 is 6.04 Å². The number of aromatic nitrogens is 2. The quantitative estimate of drug-likeness (QED) is 0.760. The Morgan fingerprint density at radius 3 is 2.72 bits per heavy atom. The van der Waals surface area contributed by atoms with Gasteiger partial charge in [0.2, 0.25) is 5.91 Å². The summed E-state index contributed by atoms with van der Waals surface area (Å²) in [6.07, 6.45) is 4.39. The van der Waals surface area contributed by atoms with Crippen molar-refractivity contribution in [1.82, 2.24) is 15.1 Å². The van der Waals surface area contributed by atoms with Crippen molar-refractivity contribution in [2.24, 2.45) is 17.6 Å². The van der Waals surface area contributed by atoms with Gasteiger partial charge in [-0.05, 0) is 24.3 Å². The number of carbonyl (C=O) groups excluding carboxylic acids is 1. The molecule has 1 rings (SSSR count). The summed E-state index contributed by atoms with van der Waals surface area (Å²) < 4.78 is 1.87. The number of hydrogen-bond donors (Lipinski definition) is 2. The Bertz CT molecular complexity index is 348. The van der Waals surface area contributed by atoms with E-state index in [1.807, 2.05) is 16.9 Å². The number of hydrogen-bond acceptors (Lipinski definition) is 3. The third-order valence-corrected chi connectivity index (χ3v) is 2.74. The zero-order valence-corrected chi connectivity index (χ0v) is 11.5. The number of nitrogens with zero attached hydrogens (tertiary/aromatic N) is 2. The van der Waals surface area contributed by atoms with Crippen molar-refractivity contribution in [2.45, 2.75) is 39.8 Å². The molecule has 1 heterocycles. The van der Waals surface area contributed by atoms with Crippen LogP contribution in [0.4, 0.5) is 0 Å². The van der Waals surface area contributed by atoms with Crippen molar-refractivity contribution in [3.63, 3.8) is 0 Å². The first-order valence-electron chi connectivity index (χ1n) is 6.49. The molecular formula is C13H24N4O. The van der Waals surface area contributed by atoms with Gasteiger partial charge in [-0.3, -0.25) is 9.48 Å². The molecule has 0 radical (unpaired) electrons. The molecule has 0 aliphatic rings. The van der Waals surface area contributed by atoms with Crippen molar-refractivity contribution in [2.75, 3.05) is 6.54 Å². The van der Waals surface area contributed by atoms with Crippen LogP contribution in [-0.4, -0.2) is 28.3 Å². The molecule has 5 nitrogen and oxygen atoms in total. The predicted octanol–water partition coefficient (Wildman–Crippen LogP) is 1.01. The van der Waals surface area contributed by atoms with Crippen LogP contribution >= 0.6 is 0 Å². The summed E-state index contributed by atoms with van der Waals surface area (Å²) >= 11 is 0. The van der Waals surface area contributed by atoms with E-state index in [9.17, 15) is 4.79 Å². The molecule has 3 N–H and O–H groups in total. The van der Waals surface area contributed by atoms with Crippen LogP contribution in [0.15, 0.2) is 18.5 Å². The minimum Gasteiger partial charge on any atom is -0.354 e. The summed E-state index contributed by atoms with van der Waals surface area (Å²) in [5.74, 6) is 0.711. The number of amides is 1. The molecule has 18 heavy (non-hydrogen) atoms. The summed E-state index contributed by atoms with van der Waals surface area (Å²) in [5.41, 5.74) is 5.81. The second-order valence-electron chi connectivity index (χ2n) is 5.31. The lowest BCUT2D eigenvalue weighted by atomic mass is 10.0. The van der Waals surface area contributed by atoms with Crippen molar-refractivity contribution in [3.05, 3.63) is 18.5 Å². The second-order valence-corrected chi connectivity index (χ2v) is 5.31. The standard InChI is InChI=1S/C13H24N4O/c1-10(2)7-12(14)13(18)15-8-11(3)9-17-6-4-5-16-17/h4-6,10-12H,7-9,14H2,1-3H3,(H,15,18)/t11?,12-/m0/s1. The van der Waals surface area contributed by atoms with E-state index >= 15 is 0 Å². The predicted molar refractivity (Wildman–Crippen MR) is 71.8 cm³/mol. The van der Waals surface area contributed by atoms with Gasteiger partial charge in [0.15, 0.2) is 0 Å². The van der Waals surface area contributed by atoms with E-state index in [1.54, 1.807) is 6.20 Å². The molecule has 0 aliphatic heterocycles. The van der Waals surface area contributed by atoms with Gasteiger partial charge >= 0.3 is 0 Å². The summed E-state index contributed by atoms with van der Waals surface area (Å²) in [5, 5.41) is 7.03. The summed E-state index contributed by atoms with van der Waals surface area (Å²) in [6.45, 7) is 7.63. The Kier molecular flexibility index (Phi) is 5.85. The Morgan fingerprint density at radius 2 is 2.17 bits per heavy atom. The number of carbonyl (C=O) groups is 1. The molecule has 0 bridgehead atoms. The molecule has 2 atom stereocenters. The molecule has 0 aromatic carbocycles. The Labute approximate surface area is 109 Å². The number of nitrogens with one attached hydrogen (secondary N) is 1. The molecule has 1 amide bonds. The van der Waals surface area contributed by atoms with E-state index in [1.165, 1.54) is 0 Å². The molecule has 0 aliphatic carbocycles. The molecular weight excluding hydrogens is 228 g/mol. The van der Waals surface area contributed by atoms with Gasteiger partial charge in [0, 0.05) is 25.5 Å². The van der Waals surface area contributed by atoms with Crippen molar-refractivity contribution in [1.29, 1.82) is 0 Å². The minimum absolute atomic E-state index is 0.0592. The van der Waals surface area contributed by atoms with Crippen molar-refractivity contribution in [3.8, 4) is 0 Å². The highest BCUT2D eigenvalue weighted by molar-refractivity contribution is 5.81. The monoisotopic (exact) mass is 252 g/mol. The van der Waals surface area contributed by atoms with Crippen molar-refractivity contribution < 1.29 is 4.79 Å². The first-order valence-corrected chi connectivity index (χ1v) is 6.49. The first kappa shape index (κ1) is 14.7. The van der Waals surface area contributed by atoms with Crippen molar-refractivity contribution >= 4 is 5.91 Å². The fraction of sp³-hybridized carbons (Fsp3) is 0.692. The van der Waals surface area contributed by atoms with Gasteiger partial charge in [0.1, 0.15) is 0 Å². The lowest BCUT2D eigenvalue weighted by Gasteiger charge is -2.17. The largest absolute Gasteiger partial charge is 0.354 e. The van der Waals surface area contributed by atoms with Crippen LogP contribution in [0.5, 0.6) is 0 Å². The number of rotatable bonds is 7. The molecule has 1 aromatic heterocycles. The molecule has 0 saturated carbocycles. The van der Waals surface area contributed by atoms with Crippen LogP contribution in [0.3, 0.4) is 0 Å². The van der Waals surface area contributed by atoms with Gasteiger partial charge in [0.25, 0.3) is 0 Å². The second kappa shape index (κ2) is 7.16. The first-order chi connectivity index (χ1) is 8.49. The zero-order chi connectivity index (χ0) is 13.5. The maximum absolute atomic E-state index is 11.7. The Morgan fingerprint density at radius 1 is 1.44 bits per heavy atom. The molecule has 0 saturated heterocycles. The summed E-state index contributed by atoms with van der Waals surface area (Å²) in [6, 6.07) is 1.49. The molecule has 102 valence electrons. The summed E-state index contributed by atoms with van der Waals surface area (Å²) in [7, 11) is 0.